The van der Waals surface area contributed by atoms with E-state index in [-0.39, 0.29) is 24.0 Å². The number of amides is 2. The van der Waals surface area contributed by atoms with E-state index in [1.165, 1.54) is 18.4 Å². The highest BCUT2D eigenvalue weighted by Gasteiger charge is 2.27. The van der Waals surface area contributed by atoms with Crippen LogP contribution in [0.2, 0.25) is 0 Å². The Morgan fingerprint density at radius 2 is 2.04 bits per heavy atom. The smallest absolute Gasteiger partial charge is 0.289 e. The van der Waals surface area contributed by atoms with Gasteiger partial charge in [-0.15, -0.1) is 0 Å². The Morgan fingerprint density at radius 3 is 2.63 bits per heavy atom. The van der Waals surface area contributed by atoms with Crippen LogP contribution in [-0.2, 0) is 4.79 Å². The average Bonchev–Trinajstić information content (AvgIpc) is 3.18. The predicted molar refractivity (Wildman–Crippen MR) is 96.6 cm³/mol. The Bertz CT molecular complexity index is 841. The predicted octanol–water partition coefficient (Wildman–Crippen LogP) is 0.476. The van der Waals surface area contributed by atoms with Gasteiger partial charge < -0.3 is 19.5 Å². The molecule has 0 spiro atoms. The third kappa shape index (κ3) is 4.50. The van der Waals surface area contributed by atoms with Crippen molar-refractivity contribution in [2.45, 2.75) is 6.92 Å². The number of carbonyl (C=O) groups excluding carboxylic acids is 2. The zero-order valence-corrected chi connectivity index (χ0v) is 14.9. The Morgan fingerprint density at radius 1 is 1.30 bits per heavy atom. The van der Waals surface area contributed by atoms with Crippen LogP contribution >= 0.6 is 0 Å². The van der Waals surface area contributed by atoms with Gasteiger partial charge in [-0.1, -0.05) is 0 Å². The van der Waals surface area contributed by atoms with E-state index in [1.807, 2.05) is 0 Å². The number of hydrogen-bond acceptors (Lipinski definition) is 5. The largest absolute Gasteiger partial charge is 0.459 e. The summed E-state index contributed by atoms with van der Waals surface area (Å²) in [5.74, 6) is 0.0302. The number of benzene rings is 1. The molecule has 2 N–H and O–H groups in total. The van der Waals surface area contributed by atoms with Crippen molar-refractivity contribution in [3.8, 4) is 0 Å². The molecule has 9 nitrogen and oxygen atoms in total. The maximum atomic E-state index is 12.3. The Hall–Kier alpha value is -3.20. The number of nitro benzene ring substituents is 1. The summed E-state index contributed by atoms with van der Waals surface area (Å²) in [5.41, 5.74) is 1.20. The van der Waals surface area contributed by atoms with E-state index in [0.717, 1.165) is 4.90 Å². The zero-order chi connectivity index (χ0) is 19.4. The first-order valence-corrected chi connectivity index (χ1v) is 8.65. The second kappa shape index (κ2) is 8.00. The number of non-ortho nitro benzene ring substituents is 1. The monoisotopic (exact) mass is 373 g/mol. The molecule has 2 aromatic rings. The van der Waals surface area contributed by atoms with Crippen LogP contribution < -0.4 is 10.2 Å². The van der Waals surface area contributed by atoms with E-state index in [2.05, 4.69) is 5.32 Å². The minimum atomic E-state index is -0.466. The lowest BCUT2D eigenvalue weighted by Gasteiger charge is -2.31. The van der Waals surface area contributed by atoms with Gasteiger partial charge in [-0.3, -0.25) is 19.7 Å². The van der Waals surface area contributed by atoms with E-state index >= 15 is 0 Å². The van der Waals surface area contributed by atoms with Gasteiger partial charge in [0.1, 0.15) is 0 Å². The van der Waals surface area contributed by atoms with E-state index in [9.17, 15) is 19.7 Å². The van der Waals surface area contributed by atoms with Gasteiger partial charge in [0, 0.05) is 17.8 Å². The van der Waals surface area contributed by atoms with Crippen molar-refractivity contribution in [1.82, 2.24) is 4.90 Å². The highest BCUT2D eigenvalue weighted by molar-refractivity contribution is 5.92. The number of quaternary nitrogens is 1. The summed E-state index contributed by atoms with van der Waals surface area (Å²) in [6.07, 6.45) is 1.47. The topological polar surface area (TPSA) is 110 Å². The second-order valence-electron chi connectivity index (χ2n) is 6.50. The molecule has 2 heterocycles. The van der Waals surface area contributed by atoms with Crippen molar-refractivity contribution in [2.24, 2.45) is 0 Å². The molecule has 27 heavy (non-hydrogen) atoms. The number of aryl methyl sites for hydroxylation is 1. The molecule has 1 fully saturated rings. The van der Waals surface area contributed by atoms with Crippen LogP contribution in [0.5, 0.6) is 0 Å². The fourth-order valence-corrected chi connectivity index (χ4v) is 3.08. The molecule has 0 radical (unpaired) electrons. The number of furan rings is 1. The number of piperazine rings is 1. The summed E-state index contributed by atoms with van der Waals surface area (Å²) < 4.78 is 5.14. The molecule has 0 unspecified atom stereocenters. The maximum absolute atomic E-state index is 12.3. The highest BCUT2D eigenvalue weighted by atomic mass is 16.6. The third-order valence-corrected chi connectivity index (χ3v) is 4.60. The van der Waals surface area contributed by atoms with Crippen molar-refractivity contribution in [1.29, 1.82) is 0 Å². The lowest BCUT2D eigenvalue weighted by atomic mass is 10.2. The summed E-state index contributed by atoms with van der Waals surface area (Å²) in [6.45, 7) is 4.43. The third-order valence-electron chi connectivity index (χ3n) is 4.60. The molecule has 3 rings (SSSR count). The summed E-state index contributed by atoms with van der Waals surface area (Å²) in [6, 6.07) is 7.66. The van der Waals surface area contributed by atoms with Crippen LogP contribution in [-0.4, -0.2) is 54.4 Å². The standard InChI is InChI=1S/C18H20N4O5/c1-13-11-14(22(25)26)4-5-15(13)19-17(23)12-20-6-8-21(9-7-20)18(24)16-3-2-10-27-16/h2-5,10-11H,6-9,12H2,1H3,(H,19,23)/p+1. The first kappa shape index (κ1) is 18.6. The Kier molecular flexibility index (Phi) is 5.51. The number of nitro groups is 1. The molecule has 0 aliphatic carbocycles. The highest BCUT2D eigenvalue weighted by Crippen LogP contribution is 2.20. The molecule has 2 amide bonds. The van der Waals surface area contributed by atoms with Crippen molar-refractivity contribution < 1.29 is 23.8 Å². The Labute approximate surface area is 155 Å². The van der Waals surface area contributed by atoms with Crippen LogP contribution in [0.3, 0.4) is 0 Å². The fraction of sp³-hybridized carbons (Fsp3) is 0.333. The molecule has 0 atom stereocenters. The first-order chi connectivity index (χ1) is 12.9. The van der Waals surface area contributed by atoms with E-state index < -0.39 is 4.92 Å². The van der Waals surface area contributed by atoms with Crippen LogP contribution in [0.4, 0.5) is 11.4 Å². The van der Waals surface area contributed by atoms with Crippen LogP contribution in [0.25, 0.3) is 0 Å². The molecule has 1 aliphatic rings. The summed E-state index contributed by atoms with van der Waals surface area (Å²) in [7, 11) is 0. The first-order valence-electron chi connectivity index (χ1n) is 8.65. The van der Waals surface area contributed by atoms with Gasteiger partial charge in [0.15, 0.2) is 12.3 Å². The van der Waals surface area contributed by atoms with Gasteiger partial charge >= 0.3 is 0 Å². The number of rotatable bonds is 5. The summed E-state index contributed by atoms with van der Waals surface area (Å²) in [5, 5.41) is 13.6. The van der Waals surface area contributed by atoms with Crippen LogP contribution in [0, 0.1) is 17.0 Å². The van der Waals surface area contributed by atoms with Crippen molar-refractivity contribution >= 4 is 23.2 Å². The molecule has 1 saturated heterocycles. The van der Waals surface area contributed by atoms with Crippen LogP contribution in [0.15, 0.2) is 41.0 Å². The quantitative estimate of drug-likeness (QED) is 0.585. The number of carbonyl (C=O) groups is 2. The molecule has 0 saturated carbocycles. The summed E-state index contributed by atoms with van der Waals surface area (Å²) in [4.78, 5) is 37.6. The molecule has 1 aromatic heterocycles. The molecular weight excluding hydrogens is 352 g/mol. The maximum Gasteiger partial charge on any atom is 0.289 e. The van der Waals surface area contributed by atoms with Gasteiger partial charge in [-0.25, -0.2) is 0 Å². The average molecular weight is 373 g/mol. The van der Waals surface area contributed by atoms with Gasteiger partial charge in [0.05, 0.1) is 37.4 Å². The Balaban J connectivity index is 1.50. The van der Waals surface area contributed by atoms with E-state index in [1.54, 1.807) is 30.0 Å². The number of anilines is 1. The molecule has 1 aliphatic heterocycles. The van der Waals surface area contributed by atoms with Gasteiger partial charge in [0.25, 0.3) is 17.5 Å². The van der Waals surface area contributed by atoms with Crippen molar-refractivity contribution in [2.75, 3.05) is 38.0 Å². The number of nitrogens with one attached hydrogen (secondary N) is 2. The lowest BCUT2D eigenvalue weighted by Crippen LogP contribution is -3.15. The number of hydrogen-bond donors (Lipinski definition) is 2. The molecular formula is C18H21N4O5+. The molecule has 1 aromatic carbocycles. The second-order valence-corrected chi connectivity index (χ2v) is 6.50. The number of nitrogens with zero attached hydrogens (tertiary/aromatic N) is 2. The van der Waals surface area contributed by atoms with Gasteiger partial charge in [-0.2, -0.15) is 0 Å². The zero-order valence-electron chi connectivity index (χ0n) is 14.9. The molecule has 0 bridgehead atoms. The normalized spacial score (nSPS) is 14.8. The van der Waals surface area contributed by atoms with E-state index in [0.29, 0.717) is 43.2 Å². The van der Waals surface area contributed by atoms with Crippen LogP contribution in [0.1, 0.15) is 16.1 Å². The van der Waals surface area contributed by atoms with Gasteiger partial charge in [-0.05, 0) is 30.7 Å². The molecule has 142 valence electrons. The minimum Gasteiger partial charge on any atom is -0.459 e. The van der Waals surface area contributed by atoms with Gasteiger partial charge in [0.2, 0.25) is 0 Å². The summed E-state index contributed by atoms with van der Waals surface area (Å²) >= 11 is 0. The minimum absolute atomic E-state index is 0.00605. The fourth-order valence-electron chi connectivity index (χ4n) is 3.08. The SMILES string of the molecule is Cc1cc([N+](=O)[O-])ccc1NC(=O)C[NH+]1CCN(C(=O)c2ccco2)CC1. The lowest BCUT2D eigenvalue weighted by molar-refractivity contribution is -0.895. The van der Waals surface area contributed by atoms with E-state index in [4.69, 9.17) is 4.42 Å². The molecule has 9 heteroatoms. The van der Waals surface area contributed by atoms with Crippen molar-refractivity contribution in [3.63, 3.8) is 0 Å². The van der Waals surface area contributed by atoms with Crippen molar-refractivity contribution in [3.05, 3.63) is 58.0 Å².